The van der Waals surface area contributed by atoms with Gasteiger partial charge in [0.25, 0.3) is 0 Å². The van der Waals surface area contributed by atoms with Crippen LogP contribution in [0.2, 0.25) is 0 Å². The lowest BCUT2D eigenvalue weighted by Gasteiger charge is -2.32. The number of carbonyl (C=O) groups excluding carboxylic acids is 1. The number of hydrogen-bond donors (Lipinski definition) is 1. The lowest BCUT2D eigenvalue weighted by molar-refractivity contribution is -0.120. The monoisotopic (exact) mass is 239 g/mol. The Balaban J connectivity index is 4.55. The Hall–Kier alpha value is -0.790. The summed E-state index contributed by atoms with van der Waals surface area (Å²) >= 11 is 0. The molecule has 1 unspecified atom stereocenters. The molecule has 0 spiro atoms. The van der Waals surface area contributed by atoms with Gasteiger partial charge in [0.05, 0.1) is 6.04 Å². The minimum atomic E-state index is -0.0704. The van der Waals surface area contributed by atoms with E-state index in [2.05, 4.69) is 39.6 Å². The van der Waals surface area contributed by atoms with Crippen LogP contribution in [-0.4, -0.2) is 11.8 Å². The van der Waals surface area contributed by atoms with Gasteiger partial charge >= 0.3 is 0 Å². The Morgan fingerprint density at radius 3 is 2.18 bits per heavy atom. The van der Waals surface area contributed by atoms with Crippen molar-refractivity contribution in [2.75, 3.05) is 0 Å². The normalized spacial score (nSPS) is 13.6. The van der Waals surface area contributed by atoms with Crippen LogP contribution in [0, 0.1) is 11.3 Å². The zero-order valence-electron chi connectivity index (χ0n) is 12.4. The third kappa shape index (κ3) is 5.38. The Bertz CT molecular complexity index is 266. The average molecular weight is 239 g/mol. The summed E-state index contributed by atoms with van der Waals surface area (Å²) in [5, 5.41) is 3.32. The highest BCUT2D eigenvalue weighted by atomic mass is 16.1. The molecule has 0 aromatic heterocycles. The predicted octanol–water partition coefficient (Wildman–Crippen LogP) is 3.92. The number of allylic oxidation sites excluding steroid dienone is 1. The first-order valence-corrected chi connectivity index (χ1v) is 6.73. The van der Waals surface area contributed by atoms with E-state index in [0.717, 1.165) is 18.5 Å². The molecular formula is C15H29NO. The van der Waals surface area contributed by atoms with Gasteiger partial charge in [-0.3, -0.25) is 4.79 Å². The van der Waals surface area contributed by atoms with Crippen LogP contribution in [0.4, 0.5) is 0 Å². The second-order valence-corrected chi connectivity index (χ2v) is 5.89. The molecule has 0 bridgehead atoms. The predicted molar refractivity (Wildman–Crippen MR) is 74.9 cm³/mol. The Morgan fingerprint density at radius 2 is 1.82 bits per heavy atom. The molecule has 0 aliphatic carbocycles. The Kier molecular flexibility index (Phi) is 6.51. The van der Waals surface area contributed by atoms with Crippen molar-refractivity contribution in [1.29, 1.82) is 0 Å². The number of ketones is 1. The maximum Gasteiger partial charge on any atom is 0.154 e. The lowest BCUT2D eigenvalue weighted by Crippen LogP contribution is -2.39. The number of rotatable bonds is 8. The minimum Gasteiger partial charge on any atom is -0.379 e. The van der Waals surface area contributed by atoms with E-state index in [-0.39, 0.29) is 17.2 Å². The van der Waals surface area contributed by atoms with Gasteiger partial charge in [-0.2, -0.15) is 0 Å². The summed E-state index contributed by atoms with van der Waals surface area (Å²) in [4.78, 5) is 11.7. The second-order valence-electron chi connectivity index (χ2n) is 5.89. The molecule has 100 valence electrons. The number of hydrogen-bond acceptors (Lipinski definition) is 2. The first-order chi connectivity index (χ1) is 7.74. The maximum absolute atomic E-state index is 11.7. The van der Waals surface area contributed by atoms with E-state index in [9.17, 15) is 4.79 Å². The van der Waals surface area contributed by atoms with Crippen molar-refractivity contribution in [2.45, 2.75) is 66.8 Å². The highest BCUT2D eigenvalue weighted by molar-refractivity contribution is 5.83. The lowest BCUT2D eigenvalue weighted by atomic mass is 9.81. The fourth-order valence-electron chi connectivity index (χ4n) is 2.21. The second kappa shape index (κ2) is 6.83. The van der Waals surface area contributed by atoms with E-state index in [1.165, 1.54) is 0 Å². The maximum atomic E-state index is 11.7. The third-order valence-corrected chi connectivity index (χ3v) is 3.23. The van der Waals surface area contributed by atoms with Gasteiger partial charge in [0.2, 0.25) is 0 Å². The first-order valence-electron chi connectivity index (χ1n) is 6.73. The van der Waals surface area contributed by atoms with Crippen molar-refractivity contribution in [3.8, 4) is 0 Å². The van der Waals surface area contributed by atoms with Crippen LogP contribution in [0.15, 0.2) is 12.3 Å². The molecule has 0 aromatic rings. The molecule has 0 saturated heterocycles. The first kappa shape index (κ1) is 16.2. The molecule has 17 heavy (non-hydrogen) atoms. The van der Waals surface area contributed by atoms with Crippen molar-refractivity contribution in [3.63, 3.8) is 0 Å². The molecule has 1 N–H and O–H groups in total. The van der Waals surface area contributed by atoms with E-state index in [4.69, 9.17) is 0 Å². The standard InChI is InChI=1S/C15H29NO/c1-8-13(14(17)9-2)16-12(5)15(6,7)10-11(3)4/h11,13,16H,5,8-10H2,1-4,6-7H3. The van der Waals surface area contributed by atoms with Gasteiger partial charge in [-0.25, -0.2) is 0 Å². The summed E-state index contributed by atoms with van der Waals surface area (Å²) in [6, 6.07) is -0.0704. The molecule has 0 aromatic carbocycles. The molecule has 0 saturated carbocycles. The SMILES string of the molecule is C=C(NC(CC)C(=O)CC)C(C)(C)CC(C)C. The van der Waals surface area contributed by atoms with Crippen molar-refractivity contribution >= 4 is 5.78 Å². The summed E-state index contributed by atoms with van der Waals surface area (Å²) in [7, 11) is 0. The van der Waals surface area contributed by atoms with Crippen LogP contribution in [0.5, 0.6) is 0 Å². The van der Waals surface area contributed by atoms with Crippen molar-refractivity contribution in [1.82, 2.24) is 5.32 Å². The molecule has 0 amide bonds. The molecule has 2 nitrogen and oxygen atoms in total. The van der Waals surface area contributed by atoms with E-state index in [0.29, 0.717) is 12.3 Å². The molecule has 1 atom stereocenters. The molecule has 0 fully saturated rings. The van der Waals surface area contributed by atoms with E-state index >= 15 is 0 Å². The fraction of sp³-hybridized carbons (Fsp3) is 0.800. The fourth-order valence-corrected chi connectivity index (χ4v) is 2.21. The van der Waals surface area contributed by atoms with E-state index in [1.54, 1.807) is 0 Å². The van der Waals surface area contributed by atoms with Crippen LogP contribution in [-0.2, 0) is 4.79 Å². The summed E-state index contributed by atoms with van der Waals surface area (Å²) in [5.41, 5.74) is 1.02. The smallest absolute Gasteiger partial charge is 0.154 e. The topological polar surface area (TPSA) is 29.1 Å². The number of carbonyl (C=O) groups is 1. The van der Waals surface area contributed by atoms with Gasteiger partial charge < -0.3 is 5.32 Å². The van der Waals surface area contributed by atoms with Gasteiger partial charge in [0.1, 0.15) is 0 Å². The zero-order chi connectivity index (χ0) is 13.6. The van der Waals surface area contributed by atoms with Crippen LogP contribution in [0.1, 0.15) is 60.8 Å². The molecule has 0 rings (SSSR count). The summed E-state index contributed by atoms with van der Waals surface area (Å²) < 4.78 is 0. The molecule has 0 aliphatic heterocycles. The van der Waals surface area contributed by atoms with Crippen molar-refractivity contribution < 1.29 is 4.79 Å². The summed E-state index contributed by atoms with van der Waals surface area (Å²) in [6.45, 7) is 16.9. The van der Waals surface area contributed by atoms with Crippen LogP contribution in [0.25, 0.3) is 0 Å². The molecule has 0 radical (unpaired) electrons. The molecule has 0 heterocycles. The van der Waals surface area contributed by atoms with Crippen molar-refractivity contribution in [3.05, 3.63) is 12.3 Å². The van der Waals surface area contributed by atoms with E-state index in [1.807, 2.05) is 13.8 Å². The molecular weight excluding hydrogens is 210 g/mol. The molecule has 0 aliphatic rings. The summed E-state index contributed by atoms with van der Waals surface area (Å²) in [5.74, 6) is 0.902. The molecule has 2 heteroatoms. The van der Waals surface area contributed by atoms with Gasteiger partial charge in [-0.15, -0.1) is 0 Å². The van der Waals surface area contributed by atoms with Gasteiger partial charge in [-0.1, -0.05) is 48.1 Å². The highest BCUT2D eigenvalue weighted by Crippen LogP contribution is 2.31. The third-order valence-electron chi connectivity index (χ3n) is 3.23. The quantitative estimate of drug-likeness (QED) is 0.695. The van der Waals surface area contributed by atoms with Crippen molar-refractivity contribution in [2.24, 2.45) is 11.3 Å². The number of nitrogens with one attached hydrogen (secondary N) is 1. The van der Waals surface area contributed by atoms with Crippen LogP contribution < -0.4 is 5.32 Å². The Morgan fingerprint density at radius 1 is 1.29 bits per heavy atom. The summed E-state index contributed by atoms with van der Waals surface area (Å²) in [6.07, 6.45) is 2.49. The number of Topliss-reactive ketones (excluding diaryl/α,β-unsaturated/α-hetero) is 1. The van der Waals surface area contributed by atoms with Crippen LogP contribution in [0.3, 0.4) is 0 Å². The van der Waals surface area contributed by atoms with Crippen LogP contribution >= 0.6 is 0 Å². The zero-order valence-corrected chi connectivity index (χ0v) is 12.4. The minimum absolute atomic E-state index is 0.0373. The van der Waals surface area contributed by atoms with Gasteiger partial charge in [0, 0.05) is 17.5 Å². The largest absolute Gasteiger partial charge is 0.379 e. The highest BCUT2D eigenvalue weighted by Gasteiger charge is 2.26. The van der Waals surface area contributed by atoms with Gasteiger partial charge in [0.15, 0.2) is 5.78 Å². The average Bonchev–Trinajstić information content (AvgIpc) is 2.22. The Labute approximate surface area is 107 Å². The van der Waals surface area contributed by atoms with Gasteiger partial charge in [-0.05, 0) is 18.8 Å². The van der Waals surface area contributed by atoms with E-state index < -0.39 is 0 Å².